The van der Waals surface area contributed by atoms with E-state index in [1.807, 2.05) is 6.20 Å². The number of anilines is 1. The predicted octanol–water partition coefficient (Wildman–Crippen LogP) is 2.83. The Morgan fingerprint density at radius 1 is 1.29 bits per heavy atom. The first-order valence-electron chi connectivity index (χ1n) is 6.33. The van der Waals surface area contributed by atoms with Gasteiger partial charge in [0.05, 0.1) is 5.39 Å². The SMILES string of the molecule is CC1CCC(c2cnc3[nH]nc(N)c3c2)CC1. The Hall–Kier alpha value is -1.58. The summed E-state index contributed by atoms with van der Waals surface area (Å²) in [5.74, 6) is 2.08. The normalized spacial score (nSPS) is 25.2. The summed E-state index contributed by atoms with van der Waals surface area (Å²) in [6.07, 6.45) is 7.16. The van der Waals surface area contributed by atoms with E-state index in [0.29, 0.717) is 11.7 Å². The molecule has 1 fully saturated rings. The van der Waals surface area contributed by atoms with Crippen molar-refractivity contribution < 1.29 is 0 Å². The van der Waals surface area contributed by atoms with Crippen LogP contribution in [0.15, 0.2) is 12.3 Å². The molecule has 2 heterocycles. The van der Waals surface area contributed by atoms with Crippen molar-refractivity contribution in [2.45, 2.75) is 38.5 Å². The van der Waals surface area contributed by atoms with Gasteiger partial charge in [-0.25, -0.2) is 4.98 Å². The van der Waals surface area contributed by atoms with Gasteiger partial charge in [-0.05, 0) is 36.3 Å². The number of H-pyrrole nitrogens is 1. The second-order valence-electron chi connectivity index (χ2n) is 5.23. The van der Waals surface area contributed by atoms with Gasteiger partial charge in [0, 0.05) is 6.20 Å². The third-order valence-electron chi connectivity index (χ3n) is 3.95. The smallest absolute Gasteiger partial charge is 0.157 e. The number of nitrogens with two attached hydrogens (primary N) is 1. The van der Waals surface area contributed by atoms with Crippen LogP contribution in [0.25, 0.3) is 11.0 Å². The maximum atomic E-state index is 5.81. The largest absolute Gasteiger partial charge is 0.382 e. The zero-order chi connectivity index (χ0) is 11.8. The lowest BCUT2D eigenvalue weighted by molar-refractivity contribution is 0.348. The molecule has 0 spiro atoms. The Labute approximate surface area is 101 Å². The third-order valence-corrected chi connectivity index (χ3v) is 3.95. The summed E-state index contributed by atoms with van der Waals surface area (Å²) in [6, 6.07) is 2.15. The molecule has 0 bridgehead atoms. The monoisotopic (exact) mass is 230 g/mol. The lowest BCUT2D eigenvalue weighted by Gasteiger charge is -2.26. The summed E-state index contributed by atoms with van der Waals surface area (Å²) in [7, 11) is 0. The Morgan fingerprint density at radius 2 is 2.06 bits per heavy atom. The molecule has 4 heteroatoms. The fourth-order valence-electron chi connectivity index (χ4n) is 2.76. The number of pyridine rings is 1. The minimum atomic E-state index is 0.554. The molecule has 17 heavy (non-hydrogen) atoms. The molecule has 2 aromatic heterocycles. The number of hydrogen-bond acceptors (Lipinski definition) is 3. The average molecular weight is 230 g/mol. The molecule has 2 aromatic rings. The van der Waals surface area contributed by atoms with Crippen LogP contribution in [0.5, 0.6) is 0 Å². The fourth-order valence-corrected chi connectivity index (χ4v) is 2.76. The molecule has 4 nitrogen and oxygen atoms in total. The van der Waals surface area contributed by atoms with Crippen molar-refractivity contribution in [1.29, 1.82) is 0 Å². The number of hydrogen-bond donors (Lipinski definition) is 2. The minimum absolute atomic E-state index is 0.554. The topological polar surface area (TPSA) is 67.6 Å². The molecule has 0 amide bonds. The third kappa shape index (κ3) is 1.88. The lowest BCUT2D eigenvalue weighted by Crippen LogP contribution is -2.11. The Balaban J connectivity index is 1.92. The lowest BCUT2D eigenvalue weighted by atomic mass is 9.80. The molecule has 1 saturated carbocycles. The van der Waals surface area contributed by atoms with E-state index in [2.05, 4.69) is 28.2 Å². The Bertz CT molecular complexity index is 523. The zero-order valence-corrected chi connectivity index (χ0v) is 10.1. The Morgan fingerprint density at radius 3 is 2.82 bits per heavy atom. The summed E-state index contributed by atoms with van der Waals surface area (Å²) >= 11 is 0. The maximum Gasteiger partial charge on any atom is 0.157 e. The zero-order valence-electron chi connectivity index (χ0n) is 10.1. The molecule has 0 saturated heterocycles. The first kappa shape index (κ1) is 10.6. The van der Waals surface area contributed by atoms with Crippen LogP contribution in [-0.4, -0.2) is 15.2 Å². The molecule has 0 aromatic carbocycles. The Kier molecular flexibility index (Phi) is 2.50. The van der Waals surface area contributed by atoms with E-state index in [-0.39, 0.29) is 0 Å². The van der Waals surface area contributed by atoms with Gasteiger partial charge in [-0.1, -0.05) is 19.8 Å². The van der Waals surface area contributed by atoms with Gasteiger partial charge in [0.2, 0.25) is 0 Å². The number of aromatic nitrogens is 3. The molecule has 90 valence electrons. The van der Waals surface area contributed by atoms with Crippen LogP contribution in [-0.2, 0) is 0 Å². The molecule has 3 rings (SSSR count). The first-order chi connectivity index (χ1) is 8.24. The second-order valence-corrected chi connectivity index (χ2v) is 5.23. The van der Waals surface area contributed by atoms with E-state index in [0.717, 1.165) is 17.0 Å². The number of nitrogen functional groups attached to an aromatic ring is 1. The van der Waals surface area contributed by atoms with Crippen molar-refractivity contribution in [1.82, 2.24) is 15.2 Å². The highest BCUT2D eigenvalue weighted by atomic mass is 15.2. The first-order valence-corrected chi connectivity index (χ1v) is 6.33. The summed E-state index contributed by atoms with van der Waals surface area (Å²) in [5, 5.41) is 7.78. The van der Waals surface area contributed by atoms with Gasteiger partial charge in [0.1, 0.15) is 0 Å². The molecular weight excluding hydrogens is 212 g/mol. The maximum absolute atomic E-state index is 5.81. The van der Waals surface area contributed by atoms with Crippen LogP contribution in [0, 0.1) is 5.92 Å². The fraction of sp³-hybridized carbons (Fsp3) is 0.538. The number of nitrogens with zero attached hydrogens (tertiary/aromatic N) is 2. The van der Waals surface area contributed by atoms with Gasteiger partial charge in [0.15, 0.2) is 11.5 Å². The van der Waals surface area contributed by atoms with E-state index in [4.69, 9.17) is 5.73 Å². The van der Waals surface area contributed by atoms with Gasteiger partial charge < -0.3 is 5.73 Å². The highest BCUT2D eigenvalue weighted by Crippen LogP contribution is 2.36. The second kappa shape index (κ2) is 4.02. The van der Waals surface area contributed by atoms with Crippen molar-refractivity contribution in [2.75, 3.05) is 5.73 Å². The molecule has 0 atom stereocenters. The van der Waals surface area contributed by atoms with Crippen molar-refractivity contribution in [2.24, 2.45) is 5.92 Å². The van der Waals surface area contributed by atoms with E-state index in [1.165, 1.54) is 31.2 Å². The number of nitrogens with one attached hydrogen (secondary N) is 1. The highest BCUT2D eigenvalue weighted by Gasteiger charge is 2.20. The van der Waals surface area contributed by atoms with Gasteiger partial charge in [0.25, 0.3) is 0 Å². The molecule has 3 N–H and O–H groups in total. The van der Waals surface area contributed by atoms with E-state index < -0.39 is 0 Å². The molecule has 0 aliphatic heterocycles. The summed E-state index contributed by atoms with van der Waals surface area (Å²) < 4.78 is 0. The van der Waals surface area contributed by atoms with Crippen molar-refractivity contribution in [3.63, 3.8) is 0 Å². The average Bonchev–Trinajstić information content (AvgIpc) is 2.72. The van der Waals surface area contributed by atoms with Crippen LogP contribution in [0.2, 0.25) is 0 Å². The van der Waals surface area contributed by atoms with E-state index >= 15 is 0 Å². The van der Waals surface area contributed by atoms with Gasteiger partial charge >= 0.3 is 0 Å². The van der Waals surface area contributed by atoms with Crippen LogP contribution in [0.1, 0.15) is 44.1 Å². The molecular formula is C13H18N4. The number of fused-ring (bicyclic) bond motifs is 1. The van der Waals surface area contributed by atoms with E-state index in [1.54, 1.807) is 0 Å². The quantitative estimate of drug-likeness (QED) is 0.791. The summed E-state index contributed by atoms with van der Waals surface area (Å²) in [6.45, 7) is 2.34. The van der Waals surface area contributed by atoms with Gasteiger partial charge in [-0.2, -0.15) is 5.10 Å². The molecule has 1 aliphatic carbocycles. The van der Waals surface area contributed by atoms with E-state index in [9.17, 15) is 0 Å². The minimum Gasteiger partial charge on any atom is -0.382 e. The van der Waals surface area contributed by atoms with Crippen molar-refractivity contribution >= 4 is 16.9 Å². The highest BCUT2D eigenvalue weighted by molar-refractivity contribution is 5.86. The van der Waals surface area contributed by atoms with Gasteiger partial charge in [-0.3, -0.25) is 5.10 Å². The predicted molar refractivity (Wildman–Crippen MR) is 68.7 cm³/mol. The standard InChI is InChI=1S/C13H18N4/c1-8-2-4-9(5-3-8)10-6-11-12(14)16-17-13(11)15-7-10/h6-9H,2-5H2,1H3,(H3,14,15,16,17). The summed E-state index contributed by atoms with van der Waals surface area (Å²) in [4.78, 5) is 4.40. The molecule has 1 aliphatic rings. The van der Waals surface area contributed by atoms with Crippen LogP contribution in [0.4, 0.5) is 5.82 Å². The molecule has 0 unspecified atom stereocenters. The van der Waals surface area contributed by atoms with Crippen LogP contribution >= 0.6 is 0 Å². The number of aromatic amines is 1. The molecule has 0 radical (unpaired) electrons. The van der Waals surface area contributed by atoms with Gasteiger partial charge in [-0.15, -0.1) is 0 Å². The van der Waals surface area contributed by atoms with Crippen molar-refractivity contribution in [3.8, 4) is 0 Å². The van der Waals surface area contributed by atoms with Crippen LogP contribution in [0.3, 0.4) is 0 Å². The van der Waals surface area contributed by atoms with Crippen molar-refractivity contribution in [3.05, 3.63) is 17.8 Å². The van der Waals surface area contributed by atoms with Crippen LogP contribution < -0.4 is 5.73 Å². The number of rotatable bonds is 1. The summed E-state index contributed by atoms with van der Waals surface area (Å²) in [5.41, 5.74) is 7.92.